The number of unbranched alkanes of at least 4 members (excludes halogenated alkanes) is 1. The molecule has 0 bridgehead atoms. The lowest BCUT2D eigenvalue weighted by Gasteiger charge is -2.10. The molecule has 2 amide bonds. The zero-order valence-corrected chi connectivity index (χ0v) is 13.0. The van der Waals surface area contributed by atoms with Gasteiger partial charge in [-0.25, -0.2) is 4.79 Å². The van der Waals surface area contributed by atoms with Gasteiger partial charge in [-0.1, -0.05) is 31.5 Å². The van der Waals surface area contributed by atoms with Crippen molar-refractivity contribution < 1.29 is 4.79 Å². The monoisotopic (exact) mass is 298 g/mol. The number of nitrogens with zero attached hydrogens (tertiary/aromatic N) is 1. The van der Waals surface area contributed by atoms with E-state index in [1.165, 1.54) is 6.34 Å². The molecule has 1 aromatic rings. The van der Waals surface area contributed by atoms with Gasteiger partial charge in [0, 0.05) is 12.2 Å². The number of amides is 2. The Kier molecular flexibility index (Phi) is 9.20. The molecule has 0 saturated carbocycles. The Morgan fingerprint density at radius 2 is 1.95 bits per heavy atom. The third kappa shape index (κ3) is 6.43. The maximum absolute atomic E-state index is 11.7. The molecule has 1 aromatic carbocycles. The minimum Gasteiger partial charge on any atom is -0.309 e. The predicted octanol–water partition coefficient (Wildman–Crippen LogP) is 3.18. The van der Waals surface area contributed by atoms with E-state index in [-0.39, 0.29) is 18.4 Å². The van der Waals surface area contributed by atoms with Gasteiger partial charge in [-0.15, -0.1) is 12.4 Å². The van der Waals surface area contributed by atoms with Gasteiger partial charge < -0.3 is 10.7 Å². The Morgan fingerprint density at radius 1 is 1.30 bits per heavy atom. The molecule has 0 aliphatic rings. The van der Waals surface area contributed by atoms with E-state index in [4.69, 9.17) is 0 Å². The van der Waals surface area contributed by atoms with E-state index in [1.54, 1.807) is 0 Å². The number of urea groups is 1. The quantitative estimate of drug-likeness (QED) is 0.327. The normalized spacial score (nSPS) is 9.95. The molecule has 0 atom stereocenters. The SMILES string of the molecule is CCCCNN=CNC(=O)Nc1c(C)cccc1C.Cl. The van der Waals surface area contributed by atoms with Gasteiger partial charge in [0.1, 0.15) is 6.34 Å². The summed E-state index contributed by atoms with van der Waals surface area (Å²) < 4.78 is 0. The number of hydrogen-bond acceptors (Lipinski definition) is 3. The van der Waals surface area contributed by atoms with Gasteiger partial charge in [0.15, 0.2) is 0 Å². The summed E-state index contributed by atoms with van der Waals surface area (Å²) in [4.78, 5) is 11.7. The van der Waals surface area contributed by atoms with E-state index in [2.05, 4.69) is 28.1 Å². The number of aryl methyl sites for hydroxylation is 2. The summed E-state index contributed by atoms with van der Waals surface area (Å²) in [5, 5.41) is 9.26. The first-order chi connectivity index (χ1) is 9.15. The first-order valence-electron chi connectivity index (χ1n) is 6.53. The van der Waals surface area contributed by atoms with Crippen molar-refractivity contribution in [2.45, 2.75) is 33.6 Å². The number of hydrazone groups is 1. The second-order valence-electron chi connectivity index (χ2n) is 4.39. The summed E-state index contributed by atoms with van der Waals surface area (Å²) in [6, 6.07) is 5.59. The lowest BCUT2D eigenvalue weighted by atomic mass is 10.1. The maximum Gasteiger partial charge on any atom is 0.324 e. The number of rotatable bonds is 6. The van der Waals surface area contributed by atoms with Crippen LogP contribution in [0.15, 0.2) is 23.3 Å². The first-order valence-corrected chi connectivity index (χ1v) is 6.53. The predicted molar refractivity (Wildman–Crippen MR) is 86.7 cm³/mol. The summed E-state index contributed by atoms with van der Waals surface area (Å²) in [7, 11) is 0. The minimum absolute atomic E-state index is 0. The van der Waals surface area contributed by atoms with Crippen LogP contribution in [0.4, 0.5) is 10.5 Å². The van der Waals surface area contributed by atoms with E-state index < -0.39 is 0 Å². The molecule has 0 spiro atoms. The molecular weight excluding hydrogens is 276 g/mol. The fourth-order valence-corrected chi connectivity index (χ4v) is 1.62. The summed E-state index contributed by atoms with van der Waals surface area (Å²) in [5.74, 6) is 0. The molecular formula is C14H23ClN4O. The third-order valence-corrected chi connectivity index (χ3v) is 2.71. The molecule has 5 nitrogen and oxygen atoms in total. The van der Waals surface area contributed by atoms with Crippen LogP contribution in [0.25, 0.3) is 0 Å². The average molecular weight is 299 g/mol. The van der Waals surface area contributed by atoms with Crippen molar-refractivity contribution in [1.82, 2.24) is 10.7 Å². The van der Waals surface area contributed by atoms with Crippen molar-refractivity contribution in [2.75, 3.05) is 11.9 Å². The third-order valence-electron chi connectivity index (χ3n) is 2.71. The van der Waals surface area contributed by atoms with E-state index in [1.807, 2.05) is 32.0 Å². The number of benzene rings is 1. The van der Waals surface area contributed by atoms with Crippen LogP contribution in [-0.4, -0.2) is 18.9 Å². The molecule has 3 N–H and O–H groups in total. The van der Waals surface area contributed by atoms with Crippen molar-refractivity contribution in [1.29, 1.82) is 0 Å². The van der Waals surface area contributed by atoms with Crippen LogP contribution in [0, 0.1) is 13.8 Å². The molecule has 6 heteroatoms. The minimum atomic E-state index is -0.293. The number of anilines is 1. The molecule has 0 unspecified atom stereocenters. The Bertz CT molecular complexity index is 429. The summed E-state index contributed by atoms with van der Waals surface area (Å²) in [5.41, 5.74) is 5.77. The number of para-hydroxylation sites is 1. The van der Waals surface area contributed by atoms with Crippen LogP contribution in [0.1, 0.15) is 30.9 Å². The number of halogens is 1. The van der Waals surface area contributed by atoms with E-state index in [0.717, 1.165) is 36.2 Å². The second-order valence-corrected chi connectivity index (χ2v) is 4.39. The Hall–Kier alpha value is -1.75. The molecule has 20 heavy (non-hydrogen) atoms. The molecule has 1 rings (SSSR count). The highest BCUT2D eigenvalue weighted by atomic mass is 35.5. The Labute approximate surface area is 126 Å². The van der Waals surface area contributed by atoms with E-state index in [9.17, 15) is 4.79 Å². The number of carbonyl (C=O) groups is 1. The summed E-state index contributed by atoms with van der Waals surface area (Å²) >= 11 is 0. The van der Waals surface area contributed by atoms with Crippen LogP contribution < -0.4 is 16.1 Å². The zero-order valence-electron chi connectivity index (χ0n) is 12.2. The summed E-state index contributed by atoms with van der Waals surface area (Å²) in [6.07, 6.45) is 3.54. The van der Waals surface area contributed by atoms with Gasteiger partial charge in [-0.3, -0.25) is 5.32 Å². The molecule has 0 radical (unpaired) electrons. The highest BCUT2D eigenvalue weighted by molar-refractivity contribution is 5.97. The topological polar surface area (TPSA) is 65.5 Å². The van der Waals surface area contributed by atoms with E-state index in [0.29, 0.717) is 0 Å². The average Bonchev–Trinajstić information content (AvgIpc) is 2.38. The smallest absolute Gasteiger partial charge is 0.309 e. The molecule has 0 aliphatic carbocycles. The lowest BCUT2D eigenvalue weighted by molar-refractivity contribution is 0.256. The Morgan fingerprint density at radius 3 is 2.55 bits per heavy atom. The maximum atomic E-state index is 11.7. The van der Waals surface area contributed by atoms with Crippen LogP contribution in [-0.2, 0) is 0 Å². The van der Waals surface area contributed by atoms with Crippen LogP contribution in [0.5, 0.6) is 0 Å². The van der Waals surface area contributed by atoms with Crippen LogP contribution in [0.3, 0.4) is 0 Å². The first kappa shape index (κ1) is 18.2. The zero-order chi connectivity index (χ0) is 14.1. The fourth-order valence-electron chi connectivity index (χ4n) is 1.62. The molecule has 0 saturated heterocycles. The molecule has 0 aromatic heterocycles. The standard InChI is InChI=1S/C14H22N4O.ClH/c1-4-5-9-16-17-10-15-14(19)18-13-11(2)7-6-8-12(13)3;/h6-8,10,16H,4-5,9H2,1-3H3,(H2,15,17,18,19);1H. The lowest BCUT2D eigenvalue weighted by Crippen LogP contribution is -2.29. The number of nitrogens with one attached hydrogen (secondary N) is 3. The fraction of sp³-hybridized carbons (Fsp3) is 0.429. The van der Waals surface area contributed by atoms with Crippen LogP contribution in [0.2, 0.25) is 0 Å². The summed E-state index contributed by atoms with van der Waals surface area (Å²) in [6.45, 7) is 6.85. The second kappa shape index (κ2) is 10.1. The van der Waals surface area contributed by atoms with Gasteiger partial charge in [-0.2, -0.15) is 5.10 Å². The highest BCUT2D eigenvalue weighted by Gasteiger charge is 2.05. The van der Waals surface area contributed by atoms with E-state index >= 15 is 0 Å². The largest absolute Gasteiger partial charge is 0.324 e. The van der Waals surface area contributed by atoms with Gasteiger partial charge in [0.05, 0.1) is 0 Å². The number of hydrogen-bond donors (Lipinski definition) is 3. The van der Waals surface area contributed by atoms with Crippen LogP contribution >= 0.6 is 12.4 Å². The molecule has 0 aliphatic heterocycles. The highest BCUT2D eigenvalue weighted by Crippen LogP contribution is 2.18. The van der Waals surface area contributed by atoms with Crippen molar-refractivity contribution in [3.63, 3.8) is 0 Å². The van der Waals surface area contributed by atoms with Gasteiger partial charge >= 0.3 is 6.03 Å². The molecule has 112 valence electrons. The molecule has 0 heterocycles. The van der Waals surface area contributed by atoms with Gasteiger partial charge in [0.2, 0.25) is 0 Å². The number of carbonyl (C=O) groups excluding carboxylic acids is 1. The van der Waals surface area contributed by atoms with Gasteiger partial charge in [0.25, 0.3) is 0 Å². The molecule has 0 fully saturated rings. The Balaban J connectivity index is 0.00000361. The van der Waals surface area contributed by atoms with Gasteiger partial charge in [-0.05, 0) is 31.4 Å². The van der Waals surface area contributed by atoms with Crippen molar-refractivity contribution in [2.24, 2.45) is 5.10 Å². The van der Waals surface area contributed by atoms with Crippen molar-refractivity contribution in [3.05, 3.63) is 29.3 Å². The van der Waals surface area contributed by atoms with Crippen molar-refractivity contribution >= 4 is 30.5 Å². The van der Waals surface area contributed by atoms with Crippen molar-refractivity contribution in [3.8, 4) is 0 Å².